The van der Waals surface area contributed by atoms with Crippen LogP contribution in [0.4, 0.5) is 5.13 Å². The van der Waals surface area contributed by atoms with Gasteiger partial charge >= 0.3 is 0 Å². The lowest BCUT2D eigenvalue weighted by molar-refractivity contribution is 1.02. The van der Waals surface area contributed by atoms with Crippen molar-refractivity contribution in [1.82, 2.24) is 10.2 Å². The van der Waals surface area contributed by atoms with Crippen LogP contribution in [0.25, 0.3) is 10.1 Å². The lowest BCUT2D eigenvalue weighted by atomic mass is 10.2. The molecule has 0 aliphatic carbocycles. The molecule has 2 N–H and O–H groups in total. The standard InChI is InChI=1S/C11H9N3S3/c12-10-13-14-11(17-10)16-6-7-5-15-9-4-2-1-3-8(7)9/h1-5H,6H2,(H2,12,13). The summed E-state index contributed by atoms with van der Waals surface area (Å²) < 4.78 is 2.26. The molecule has 0 unspecified atom stereocenters. The Morgan fingerprint density at radius 2 is 2.12 bits per heavy atom. The van der Waals surface area contributed by atoms with E-state index in [-0.39, 0.29) is 0 Å². The zero-order valence-electron chi connectivity index (χ0n) is 8.79. The Labute approximate surface area is 111 Å². The predicted molar refractivity (Wildman–Crippen MR) is 75.7 cm³/mol. The zero-order valence-corrected chi connectivity index (χ0v) is 11.2. The van der Waals surface area contributed by atoms with Crippen molar-refractivity contribution in [3.8, 4) is 0 Å². The maximum absolute atomic E-state index is 5.55. The number of hydrogen-bond donors (Lipinski definition) is 1. The summed E-state index contributed by atoms with van der Waals surface area (Å²) in [4.78, 5) is 0. The van der Waals surface area contributed by atoms with E-state index < -0.39 is 0 Å². The second-order valence-corrected chi connectivity index (χ2v) is 6.59. The van der Waals surface area contributed by atoms with Gasteiger partial charge in [-0.3, -0.25) is 0 Å². The van der Waals surface area contributed by atoms with E-state index in [1.165, 1.54) is 27.0 Å². The molecule has 2 aromatic heterocycles. The summed E-state index contributed by atoms with van der Waals surface area (Å²) in [6, 6.07) is 8.46. The minimum Gasteiger partial charge on any atom is -0.374 e. The second kappa shape index (κ2) is 4.64. The van der Waals surface area contributed by atoms with Gasteiger partial charge in [0.15, 0.2) is 4.34 Å². The minimum atomic E-state index is 0.530. The highest BCUT2D eigenvalue weighted by atomic mass is 32.2. The molecule has 0 aliphatic heterocycles. The molecule has 0 atom stereocenters. The third-order valence-electron chi connectivity index (χ3n) is 2.33. The summed E-state index contributed by atoms with van der Waals surface area (Å²) in [6.07, 6.45) is 0. The first-order chi connectivity index (χ1) is 8.33. The van der Waals surface area contributed by atoms with Crippen molar-refractivity contribution in [1.29, 1.82) is 0 Å². The highest BCUT2D eigenvalue weighted by molar-refractivity contribution is 8.00. The number of aromatic nitrogens is 2. The van der Waals surface area contributed by atoms with Gasteiger partial charge in [0.25, 0.3) is 0 Å². The van der Waals surface area contributed by atoms with Gasteiger partial charge in [0.05, 0.1) is 0 Å². The summed E-state index contributed by atoms with van der Waals surface area (Å²) in [7, 11) is 0. The van der Waals surface area contributed by atoms with Crippen LogP contribution in [-0.4, -0.2) is 10.2 Å². The molecule has 86 valence electrons. The molecule has 0 fully saturated rings. The molecule has 0 radical (unpaired) electrons. The van der Waals surface area contributed by atoms with Gasteiger partial charge in [-0.05, 0) is 22.4 Å². The molecule has 3 nitrogen and oxygen atoms in total. The first-order valence-corrected chi connectivity index (χ1v) is 7.68. The molecule has 3 rings (SSSR count). The van der Waals surface area contributed by atoms with Crippen molar-refractivity contribution in [2.75, 3.05) is 5.73 Å². The van der Waals surface area contributed by atoms with Crippen LogP contribution in [0, 0.1) is 0 Å². The quantitative estimate of drug-likeness (QED) is 0.744. The number of nitrogens with zero attached hydrogens (tertiary/aromatic N) is 2. The number of nitrogen functional groups attached to an aromatic ring is 1. The molecule has 0 saturated carbocycles. The summed E-state index contributed by atoms with van der Waals surface area (Å²) in [5, 5.41) is 11.9. The Morgan fingerprint density at radius 1 is 1.24 bits per heavy atom. The van der Waals surface area contributed by atoms with Crippen LogP contribution < -0.4 is 5.73 Å². The lowest BCUT2D eigenvalue weighted by Gasteiger charge is -1.96. The predicted octanol–water partition coefficient (Wildman–Crippen LogP) is 3.63. The number of rotatable bonds is 3. The van der Waals surface area contributed by atoms with E-state index in [1.807, 2.05) is 0 Å². The highest BCUT2D eigenvalue weighted by Gasteiger charge is 2.06. The Bertz CT molecular complexity index is 644. The molecule has 6 heteroatoms. The Hall–Kier alpha value is -1.11. The van der Waals surface area contributed by atoms with E-state index in [4.69, 9.17) is 5.73 Å². The van der Waals surface area contributed by atoms with Crippen LogP contribution in [0.5, 0.6) is 0 Å². The zero-order chi connectivity index (χ0) is 11.7. The van der Waals surface area contributed by atoms with Crippen molar-refractivity contribution in [3.05, 3.63) is 35.2 Å². The average molecular weight is 279 g/mol. The first kappa shape index (κ1) is 11.0. The smallest absolute Gasteiger partial charge is 0.203 e. The van der Waals surface area contributed by atoms with Crippen LogP contribution in [-0.2, 0) is 5.75 Å². The van der Waals surface area contributed by atoms with E-state index in [1.54, 1.807) is 23.1 Å². The summed E-state index contributed by atoms with van der Waals surface area (Å²) in [6.45, 7) is 0. The Morgan fingerprint density at radius 3 is 2.94 bits per heavy atom. The van der Waals surface area contributed by atoms with Crippen molar-refractivity contribution < 1.29 is 0 Å². The van der Waals surface area contributed by atoms with Gasteiger partial charge in [0.1, 0.15) is 0 Å². The fraction of sp³-hybridized carbons (Fsp3) is 0.0909. The van der Waals surface area contributed by atoms with Crippen LogP contribution in [0.3, 0.4) is 0 Å². The molecule has 2 heterocycles. The van der Waals surface area contributed by atoms with E-state index in [9.17, 15) is 0 Å². The van der Waals surface area contributed by atoms with Gasteiger partial charge < -0.3 is 5.73 Å². The molecule has 0 bridgehead atoms. The Kier molecular flexibility index (Phi) is 3.00. The number of nitrogens with two attached hydrogens (primary N) is 1. The maximum Gasteiger partial charge on any atom is 0.203 e. The van der Waals surface area contributed by atoms with Gasteiger partial charge in [-0.15, -0.1) is 21.5 Å². The molecule has 0 aliphatic rings. The van der Waals surface area contributed by atoms with Crippen LogP contribution in [0.2, 0.25) is 0 Å². The number of thiophene rings is 1. The molecular formula is C11H9N3S3. The largest absolute Gasteiger partial charge is 0.374 e. The van der Waals surface area contributed by atoms with Crippen LogP contribution >= 0.6 is 34.4 Å². The van der Waals surface area contributed by atoms with E-state index in [0.717, 1.165) is 10.1 Å². The van der Waals surface area contributed by atoms with E-state index in [0.29, 0.717) is 5.13 Å². The summed E-state index contributed by atoms with van der Waals surface area (Å²) in [5.41, 5.74) is 6.90. The SMILES string of the molecule is Nc1nnc(SCc2csc3ccccc23)s1. The first-order valence-electron chi connectivity index (χ1n) is 5.00. The van der Waals surface area contributed by atoms with E-state index >= 15 is 0 Å². The summed E-state index contributed by atoms with van der Waals surface area (Å²) >= 11 is 4.91. The molecule has 17 heavy (non-hydrogen) atoms. The van der Waals surface area contributed by atoms with Crippen molar-refractivity contribution in [2.24, 2.45) is 0 Å². The maximum atomic E-state index is 5.55. The molecule has 0 amide bonds. The van der Waals surface area contributed by atoms with Gasteiger partial charge in [-0.2, -0.15) is 0 Å². The van der Waals surface area contributed by atoms with Crippen molar-refractivity contribution >= 4 is 49.7 Å². The monoisotopic (exact) mass is 279 g/mol. The van der Waals surface area contributed by atoms with E-state index in [2.05, 4.69) is 39.8 Å². The normalized spacial score (nSPS) is 11.1. The van der Waals surface area contributed by atoms with Gasteiger partial charge in [-0.1, -0.05) is 41.3 Å². The third kappa shape index (κ3) is 2.29. The average Bonchev–Trinajstić information content (AvgIpc) is 2.93. The number of thioether (sulfide) groups is 1. The van der Waals surface area contributed by atoms with Crippen LogP contribution in [0.1, 0.15) is 5.56 Å². The van der Waals surface area contributed by atoms with Crippen LogP contribution in [0.15, 0.2) is 34.0 Å². The fourth-order valence-electron chi connectivity index (χ4n) is 1.56. The van der Waals surface area contributed by atoms with Gasteiger partial charge in [0.2, 0.25) is 5.13 Å². The molecule has 0 spiro atoms. The topological polar surface area (TPSA) is 51.8 Å². The highest BCUT2D eigenvalue weighted by Crippen LogP contribution is 2.32. The number of fused-ring (bicyclic) bond motifs is 1. The molecular weight excluding hydrogens is 270 g/mol. The second-order valence-electron chi connectivity index (χ2n) is 3.45. The molecule has 0 saturated heterocycles. The molecule has 1 aromatic carbocycles. The number of benzene rings is 1. The van der Waals surface area contributed by atoms with Gasteiger partial charge in [-0.25, -0.2) is 0 Å². The van der Waals surface area contributed by atoms with Gasteiger partial charge in [0, 0.05) is 10.5 Å². The van der Waals surface area contributed by atoms with Crippen molar-refractivity contribution in [3.63, 3.8) is 0 Å². The molecule has 3 aromatic rings. The lowest BCUT2D eigenvalue weighted by Crippen LogP contribution is -1.80. The fourth-order valence-corrected chi connectivity index (χ4v) is 4.26. The number of anilines is 1. The number of hydrogen-bond acceptors (Lipinski definition) is 6. The van der Waals surface area contributed by atoms with Crippen molar-refractivity contribution in [2.45, 2.75) is 10.1 Å². The summed E-state index contributed by atoms with van der Waals surface area (Å²) in [5.74, 6) is 0.915. The minimum absolute atomic E-state index is 0.530. The Balaban J connectivity index is 1.81. The third-order valence-corrected chi connectivity index (χ3v) is 5.28.